The quantitative estimate of drug-likeness (QED) is 0.859. The van der Waals surface area contributed by atoms with Crippen molar-refractivity contribution < 1.29 is 14.4 Å². The predicted octanol–water partition coefficient (Wildman–Crippen LogP) is 1.55. The minimum atomic E-state index is -0.489. The summed E-state index contributed by atoms with van der Waals surface area (Å²) < 4.78 is 0. The first-order chi connectivity index (χ1) is 7.93. The number of rotatable bonds is 3. The number of hydrogen-bond acceptors (Lipinski definition) is 4. The topological polar surface area (TPSA) is 75.3 Å². The predicted molar refractivity (Wildman–Crippen MR) is 66.1 cm³/mol. The molecule has 92 valence electrons. The highest BCUT2D eigenvalue weighted by Gasteiger charge is 2.17. The summed E-state index contributed by atoms with van der Waals surface area (Å²) in [6.07, 6.45) is 0.768. The van der Waals surface area contributed by atoms with Crippen molar-refractivity contribution in [1.82, 2.24) is 5.32 Å². The summed E-state index contributed by atoms with van der Waals surface area (Å²) >= 11 is 1.34. The Morgan fingerprint density at radius 1 is 1.24 bits per heavy atom. The molecule has 0 saturated heterocycles. The summed E-state index contributed by atoms with van der Waals surface area (Å²) in [5, 5.41) is 5.26. The van der Waals surface area contributed by atoms with Gasteiger partial charge in [0.1, 0.15) is 5.00 Å². The molecule has 0 fully saturated rings. The lowest BCUT2D eigenvalue weighted by atomic mass is 10.2. The average Bonchev–Trinajstić information content (AvgIpc) is 2.59. The first-order valence-corrected chi connectivity index (χ1v) is 5.98. The van der Waals surface area contributed by atoms with E-state index in [1.165, 1.54) is 25.2 Å². The molecular weight excluding hydrogens is 240 g/mol. The molecule has 0 unspecified atom stereocenters. The highest BCUT2D eigenvalue weighted by atomic mass is 32.1. The van der Waals surface area contributed by atoms with Crippen molar-refractivity contribution in [3.8, 4) is 0 Å². The zero-order valence-corrected chi connectivity index (χ0v) is 10.7. The Morgan fingerprint density at radius 3 is 2.35 bits per heavy atom. The second kappa shape index (κ2) is 5.58. The smallest absolute Gasteiger partial charge is 0.260 e. The van der Waals surface area contributed by atoms with Crippen LogP contribution in [0.2, 0.25) is 0 Å². The second-order valence-electron chi connectivity index (χ2n) is 3.50. The van der Waals surface area contributed by atoms with Gasteiger partial charge in [0.15, 0.2) is 0 Å². The van der Waals surface area contributed by atoms with E-state index in [0.717, 1.165) is 11.3 Å². The standard InChI is InChI=1S/C11H14N2O3S/c1-4-8-5-9(10(16)12-6(2)14)11(17-8)13-7(3)15/h5H,4H2,1-3H3,(H,13,15)(H,12,14,16). The average molecular weight is 254 g/mol. The minimum Gasteiger partial charge on any atom is -0.317 e. The van der Waals surface area contributed by atoms with Gasteiger partial charge >= 0.3 is 0 Å². The van der Waals surface area contributed by atoms with Crippen LogP contribution in [0.15, 0.2) is 6.07 Å². The highest BCUT2D eigenvalue weighted by molar-refractivity contribution is 7.16. The first kappa shape index (κ1) is 13.4. The van der Waals surface area contributed by atoms with Crippen molar-refractivity contribution in [1.29, 1.82) is 0 Å². The number of nitrogens with one attached hydrogen (secondary N) is 2. The fourth-order valence-electron chi connectivity index (χ4n) is 1.26. The van der Waals surface area contributed by atoms with E-state index in [0.29, 0.717) is 10.6 Å². The number of hydrogen-bond donors (Lipinski definition) is 2. The molecule has 0 aliphatic carbocycles. The van der Waals surface area contributed by atoms with Gasteiger partial charge in [0.2, 0.25) is 11.8 Å². The second-order valence-corrected chi connectivity index (χ2v) is 4.64. The summed E-state index contributed by atoms with van der Waals surface area (Å²) in [5.74, 6) is -1.16. The molecule has 0 aromatic carbocycles. The summed E-state index contributed by atoms with van der Waals surface area (Å²) in [6.45, 7) is 4.59. The van der Waals surface area contributed by atoms with E-state index in [1.54, 1.807) is 6.07 Å². The van der Waals surface area contributed by atoms with E-state index in [4.69, 9.17) is 0 Å². The van der Waals surface area contributed by atoms with E-state index in [1.807, 2.05) is 6.92 Å². The summed E-state index contributed by atoms with van der Waals surface area (Å²) in [7, 11) is 0. The van der Waals surface area contributed by atoms with Crippen LogP contribution in [0.1, 0.15) is 36.0 Å². The molecule has 1 aromatic rings. The van der Waals surface area contributed by atoms with Gasteiger partial charge < -0.3 is 5.32 Å². The third-order valence-corrected chi connectivity index (χ3v) is 3.15. The monoisotopic (exact) mass is 254 g/mol. The molecule has 1 aromatic heterocycles. The number of anilines is 1. The lowest BCUT2D eigenvalue weighted by Gasteiger charge is -2.03. The molecular formula is C11H14N2O3S. The summed E-state index contributed by atoms with van der Waals surface area (Å²) in [5.41, 5.74) is 0.331. The van der Waals surface area contributed by atoms with E-state index < -0.39 is 11.8 Å². The van der Waals surface area contributed by atoms with Crippen LogP contribution < -0.4 is 10.6 Å². The Morgan fingerprint density at radius 2 is 1.88 bits per heavy atom. The Labute approximate surface area is 103 Å². The Kier molecular flexibility index (Phi) is 4.39. The Balaban J connectivity index is 3.02. The summed E-state index contributed by atoms with van der Waals surface area (Å²) in [4.78, 5) is 34.5. The maximum absolute atomic E-state index is 11.7. The fourth-order valence-corrected chi connectivity index (χ4v) is 2.30. The molecule has 0 saturated carbocycles. The number of aryl methyl sites for hydroxylation is 1. The molecule has 0 atom stereocenters. The van der Waals surface area contributed by atoms with Gasteiger partial charge in [-0.05, 0) is 12.5 Å². The normalized spacial score (nSPS) is 9.82. The molecule has 0 aliphatic rings. The van der Waals surface area contributed by atoms with Crippen LogP contribution in [0.5, 0.6) is 0 Å². The van der Waals surface area contributed by atoms with Crippen LogP contribution >= 0.6 is 11.3 Å². The van der Waals surface area contributed by atoms with E-state index in [-0.39, 0.29) is 5.91 Å². The van der Waals surface area contributed by atoms with Crippen LogP contribution in [0.3, 0.4) is 0 Å². The third-order valence-electron chi connectivity index (χ3n) is 1.96. The molecule has 1 heterocycles. The Hall–Kier alpha value is -1.69. The van der Waals surface area contributed by atoms with Crippen molar-refractivity contribution >= 4 is 34.1 Å². The van der Waals surface area contributed by atoms with Crippen LogP contribution in [0.25, 0.3) is 0 Å². The number of imide groups is 1. The van der Waals surface area contributed by atoms with Gasteiger partial charge in [0, 0.05) is 18.7 Å². The third kappa shape index (κ3) is 3.67. The molecule has 6 heteroatoms. The lowest BCUT2D eigenvalue weighted by molar-refractivity contribution is -0.118. The van der Waals surface area contributed by atoms with Crippen molar-refractivity contribution in [2.24, 2.45) is 0 Å². The maximum Gasteiger partial charge on any atom is 0.260 e. The van der Waals surface area contributed by atoms with Crippen LogP contribution in [-0.4, -0.2) is 17.7 Å². The SMILES string of the molecule is CCc1cc(C(=O)NC(C)=O)c(NC(C)=O)s1. The van der Waals surface area contributed by atoms with E-state index in [2.05, 4.69) is 10.6 Å². The molecule has 3 amide bonds. The van der Waals surface area contributed by atoms with Crippen LogP contribution in [0, 0.1) is 0 Å². The largest absolute Gasteiger partial charge is 0.317 e. The van der Waals surface area contributed by atoms with E-state index in [9.17, 15) is 14.4 Å². The zero-order chi connectivity index (χ0) is 13.0. The van der Waals surface area contributed by atoms with Crippen molar-refractivity contribution in [2.75, 3.05) is 5.32 Å². The molecule has 0 radical (unpaired) electrons. The maximum atomic E-state index is 11.7. The molecule has 2 N–H and O–H groups in total. The number of carbonyl (C=O) groups is 3. The molecule has 0 aliphatic heterocycles. The minimum absolute atomic E-state index is 0.244. The number of thiophene rings is 1. The lowest BCUT2D eigenvalue weighted by Crippen LogP contribution is -2.28. The Bertz CT molecular complexity index is 465. The fraction of sp³-hybridized carbons (Fsp3) is 0.364. The molecule has 1 rings (SSSR count). The van der Waals surface area contributed by atoms with Gasteiger partial charge in [-0.3, -0.25) is 19.7 Å². The van der Waals surface area contributed by atoms with E-state index >= 15 is 0 Å². The number of amides is 3. The summed E-state index contributed by atoms with van der Waals surface area (Å²) in [6, 6.07) is 1.69. The van der Waals surface area contributed by atoms with Gasteiger partial charge in [-0.2, -0.15) is 0 Å². The highest BCUT2D eigenvalue weighted by Crippen LogP contribution is 2.28. The molecule has 0 spiro atoms. The molecule has 5 nitrogen and oxygen atoms in total. The number of carbonyl (C=O) groups excluding carboxylic acids is 3. The van der Waals surface area contributed by atoms with Crippen molar-refractivity contribution in [2.45, 2.75) is 27.2 Å². The van der Waals surface area contributed by atoms with Crippen molar-refractivity contribution in [3.63, 3.8) is 0 Å². The first-order valence-electron chi connectivity index (χ1n) is 5.16. The van der Waals surface area contributed by atoms with Gasteiger partial charge in [-0.1, -0.05) is 6.92 Å². The molecule has 0 bridgehead atoms. The molecule has 17 heavy (non-hydrogen) atoms. The van der Waals surface area contributed by atoms with Gasteiger partial charge in [-0.25, -0.2) is 0 Å². The van der Waals surface area contributed by atoms with Crippen molar-refractivity contribution in [3.05, 3.63) is 16.5 Å². The van der Waals surface area contributed by atoms with Crippen LogP contribution in [-0.2, 0) is 16.0 Å². The zero-order valence-electron chi connectivity index (χ0n) is 9.92. The van der Waals surface area contributed by atoms with Gasteiger partial charge in [0.05, 0.1) is 5.56 Å². The van der Waals surface area contributed by atoms with Crippen LogP contribution in [0.4, 0.5) is 5.00 Å². The van der Waals surface area contributed by atoms with Gasteiger partial charge in [-0.15, -0.1) is 11.3 Å². The van der Waals surface area contributed by atoms with Gasteiger partial charge in [0.25, 0.3) is 5.91 Å².